The number of ether oxygens (including phenoxy) is 6. The lowest BCUT2D eigenvalue weighted by molar-refractivity contribution is -0.120. The smallest absolute Gasteiger partial charge is 0.283 e. The molecule has 0 fully saturated rings. The summed E-state index contributed by atoms with van der Waals surface area (Å²) in [6.07, 6.45) is 0. The Morgan fingerprint density at radius 2 is 1.25 bits per heavy atom. The van der Waals surface area contributed by atoms with Crippen LogP contribution < -0.4 is 44.0 Å². The molecule has 2 N–H and O–H groups in total. The molecule has 3 amide bonds. The second-order valence-corrected chi connectivity index (χ2v) is 11.1. The van der Waals surface area contributed by atoms with Crippen LogP contribution >= 0.6 is 11.8 Å². The van der Waals surface area contributed by atoms with E-state index < -0.39 is 17.7 Å². The molecule has 0 radical (unpaired) electrons. The molecule has 0 unspecified atom stereocenters. The maximum absolute atomic E-state index is 13.9. The van der Waals surface area contributed by atoms with Gasteiger partial charge in [-0.05, 0) is 72.8 Å². The standard InChI is InChI=1S/C35H33N3O9S/c1-42-23-11-9-22(10-12-23)38-34(40)30(37-26-16-13-24(43-2)19-27(26)44-3)32(35(38)41)48-25-14-7-21(8-15-25)36-33(39)20-17-28(45-4)31(47-6)29(18-20)46-5/h7-19,37H,1-6H3,(H,36,39). The van der Waals surface area contributed by atoms with Crippen molar-refractivity contribution in [1.82, 2.24) is 0 Å². The summed E-state index contributed by atoms with van der Waals surface area (Å²) in [5.74, 6) is 1.18. The molecule has 0 spiro atoms. The molecule has 0 atom stereocenters. The average molecular weight is 672 g/mol. The van der Waals surface area contributed by atoms with Gasteiger partial charge in [-0.1, -0.05) is 11.8 Å². The molecule has 1 aliphatic rings. The summed E-state index contributed by atoms with van der Waals surface area (Å²) in [5, 5.41) is 5.97. The van der Waals surface area contributed by atoms with Crippen molar-refractivity contribution in [3.05, 3.63) is 95.0 Å². The predicted octanol–water partition coefficient (Wildman–Crippen LogP) is 5.98. The maximum atomic E-state index is 13.9. The topological polar surface area (TPSA) is 134 Å². The number of hydrogen-bond acceptors (Lipinski definition) is 11. The first-order valence-corrected chi connectivity index (χ1v) is 15.2. The number of carbonyl (C=O) groups is 3. The highest BCUT2D eigenvalue weighted by Crippen LogP contribution is 2.41. The van der Waals surface area contributed by atoms with Crippen LogP contribution in [0.3, 0.4) is 0 Å². The van der Waals surface area contributed by atoms with Crippen molar-refractivity contribution in [3.63, 3.8) is 0 Å². The summed E-state index contributed by atoms with van der Waals surface area (Å²) < 4.78 is 32.1. The van der Waals surface area contributed by atoms with E-state index >= 15 is 0 Å². The van der Waals surface area contributed by atoms with Crippen LogP contribution in [-0.2, 0) is 9.59 Å². The fourth-order valence-corrected chi connectivity index (χ4v) is 5.78. The monoisotopic (exact) mass is 671 g/mol. The molecule has 1 heterocycles. The van der Waals surface area contributed by atoms with E-state index in [0.29, 0.717) is 62.0 Å². The van der Waals surface area contributed by atoms with Crippen LogP contribution in [-0.4, -0.2) is 60.4 Å². The third-order valence-corrected chi connectivity index (χ3v) is 8.39. The highest BCUT2D eigenvalue weighted by atomic mass is 32.2. The van der Waals surface area contributed by atoms with E-state index in [-0.39, 0.29) is 10.6 Å². The fourth-order valence-electron chi connectivity index (χ4n) is 4.86. The molecule has 4 aromatic carbocycles. The number of nitrogens with zero attached hydrogens (tertiary/aromatic N) is 1. The molecule has 48 heavy (non-hydrogen) atoms. The highest BCUT2D eigenvalue weighted by Gasteiger charge is 2.40. The second kappa shape index (κ2) is 14.7. The van der Waals surface area contributed by atoms with E-state index in [1.165, 1.54) is 42.7 Å². The molecule has 4 aromatic rings. The lowest BCUT2D eigenvalue weighted by Crippen LogP contribution is -2.32. The Balaban J connectivity index is 1.42. The number of amides is 3. The summed E-state index contributed by atoms with van der Waals surface area (Å²) in [6, 6.07) is 21.7. The highest BCUT2D eigenvalue weighted by molar-refractivity contribution is 8.04. The first-order chi connectivity index (χ1) is 23.2. The number of rotatable bonds is 13. The summed E-state index contributed by atoms with van der Waals surface area (Å²) >= 11 is 1.11. The van der Waals surface area contributed by atoms with Gasteiger partial charge in [0.25, 0.3) is 17.7 Å². The van der Waals surface area contributed by atoms with Gasteiger partial charge in [-0.15, -0.1) is 0 Å². The average Bonchev–Trinajstić information content (AvgIpc) is 3.35. The van der Waals surface area contributed by atoms with Crippen molar-refractivity contribution < 1.29 is 42.8 Å². The lowest BCUT2D eigenvalue weighted by Gasteiger charge is -2.16. The number of nitrogens with one attached hydrogen (secondary N) is 2. The zero-order valence-corrected chi connectivity index (χ0v) is 27.9. The quantitative estimate of drug-likeness (QED) is 0.163. The van der Waals surface area contributed by atoms with Crippen LogP contribution in [0.1, 0.15) is 10.4 Å². The van der Waals surface area contributed by atoms with Crippen LogP contribution in [0.4, 0.5) is 17.1 Å². The molecular weight excluding hydrogens is 638 g/mol. The van der Waals surface area contributed by atoms with Gasteiger partial charge in [0.2, 0.25) is 5.75 Å². The van der Waals surface area contributed by atoms with Gasteiger partial charge in [0.1, 0.15) is 27.9 Å². The molecule has 13 heteroatoms. The van der Waals surface area contributed by atoms with Gasteiger partial charge in [-0.2, -0.15) is 0 Å². The van der Waals surface area contributed by atoms with Gasteiger partial charge in [-0.3, -0.25) is 14.4 Å². The molecular formula is C35H33N3O9S. The Morgan fingerprint density at radius 1 is 0.646 bits per heavy atom. The van der Waals surface area contributed by atoms with Crippen LogP contribution in [0.25, 0.3) is 0 Å². The molecule has 0 saturated carbocycles. The Kier molecular flexibility index (Phi) is 10.3. The zero-order chi connectivity index (χ0) is 34.4. The van der Waals surface area contributed by atoms with Crippen molar-refractivity contribution in [1.29, 1.82) is 0 Å². The summed E-state index contributed by atoms with van der Waals surface area (Å²) in [4.78, 5) is 42.7. The van der Waals surface area contributed by atoms with Gasteiger partial charge in [0.05, 0.1) is 54.0 Å². The van der Waals surface area contributed by atoms with E-state index in [1.54, 1.807) is 78.9 Å². The lowest BCUT2D eigenvalue weighted by atomic mass is 10.1. The Hall–Kier alpha value is -5.82. The van der Waals surface area contributed by atoms with Crippen LogP contribution in [0.5, 0.6) is 34.5 Å². The minimum Gasteiger partial charge on any atom is -0.497 e. The second-order valence-electron chi connectivity index (χ2n) is 10.0. The third-order valence-electron chi connectivity index (χ3n) is 7.30. The molecule has 0 bridgehead atoms. The third kappa shape index (κ3) is 6.81. The number of anilines is 3. The minimum absolute atomic E-state index is 0.0732. The fraction of sp³-hybridized carbons (Fsp3) is 0.171. The molecule has 0 aromatic heterocycles. The van der Waals surface area contributed by atoms with Gasteiger partial charge < -0.3 is 39.1 Å². The van der Waals surface area contributed by atoms with E-state index in [4.69, 9.17) is 28.4 Å². The normalized spacial score (nSPS) is 12.5. The maximum Gasteiger partial charge on any atom is 0.283 e. The SMILES string of the molecule is COc1ccc(N2C(=O)C(Nc3ccc(OC)cc3OC)=C(Sc3ccc(NC(=O)c4cc(OC)c(OC)c(OC)c4)cc3)C2=O)cc1. The van der Waals surface area contributed by atoms with Crippen molar-refractivity contribution in [2.24, 2.45) is 0 Å². The van der Waals surface area contributed by atoms with E-state index in [9.17, 15) is 14.4 Å². The molecule has 1 aliphatic heterocycles. The molecule has 5 rings (SSSR count). The molecule has 248 valence electrons. The van der Waals surface area contributed by atoms with Crippen molar-refractivity contribution >= 4 is 46.5 Å². The Morgan fingerprint density at radius 3 is 1.81 bits per heavy atom. The largest absolute Gasteiger partial charge is 0.497 e. The first kappa shape index (κ1) is 33.5. The van der Waals surface area contributed by atoms with Gasteiger partial charge in [0, 0.05) is 22.2 Å². The first-order valence-electron chi connectivity index (χ1n) is 14.4. The molecule has 12 nitrogen and oxygen atoms in total. The van der Waals surface area contributed by atoms with E-state index in [2.05, 4.69) is 10.6 Å². The summed E-state index contributed by atoms with van der Waals surface area (Å²) in [7, 11) is 8.99. The summed E-state index contributed by atoms with van der Waals surface area (Å²) in [6.45, 7) is 0. The van der Waals surface area contributed by atoms with Crippen LogP contribution in [0.15, 0.2) is 94.4 Å². The number of methoxy groups -OCH3 is 6. The molecule has 0 aliphatic carbocycles. The zero-order valence-electron chi connectivity index (χ0n) is 27.0. The Labute approximate surface area is 281 Å². The number of thioether (sulfide) groups is 1. The predicted molar refractivity (Wildman–Crippen MR) is 182 cm³/mol. The summed E-state index contributed by atoms with van der Waals surface area (Å²) in [5.41, 5.74) is 1.72. The van der Waals surface area contributed by atoms with Crippen molar-refractivity contribution in [2.45, 2.75) is 4.90 Å². The van der Waals surface area contributed by atoms with Crippen LogP contribution in [0.2, 0.25) is 0 Å². The number of benzene rings is 4. The van der Waals surface area contributed by atoms with Crippen molar-refractivity contribution in [2.75, 3.05) is 58.2 Å². The van der Waals surface area contributed by atoms with Gasteiger partial charge in [0.15, 0.2) is 11.5 Å². The van der Waals surface area contributed by atoms with Crippen molar-refractivity contribution in [3.8, 4) is 34.5 Å². The van der Waals surface area contributed by atoms with Gasteiger partial charge >= 0.3 is 0 Å². The Bertz CT molecular complexity index is 1850. The molecule has 0 saturated heterocycles. The van der Waals surface area contributed by atoms with Crippen LogP contribution in [0, 0.1) is 0 Å². The van der Waals surface area contributed by atoms with Gasteiger partial charge in [-0.25, -0.2) is 4.90 Å². The number of hydrogen-bond donors (Lipinski definition) is 2. The number of imide groups is 1. The van der Waals surface area contributed by atoms with E-state index in [0.717, 1.165) is 16.7 Å². The minimum atomic E-state index is -0.542. The number of carbonyl (C=O) groups excluding carboxylic acids is 3. The van der Waals surface area contributed by atoms with E-state index in [1.807, 2.05) is 0 Å².